The van der Waals surface area contributed by atoms with E-state index in [9.17, 15) is 4.79 Å². The van der Waals surface area contributed by atoms with E-state index in [-0.39, 0.29) is 12.3 Å². The van der Waals surface area contributed by atoms with Crippen LogP contribution in [-0.2, 0) is 19.0 Å². The van der Waals surface area contributed by atoms with Crippen molar-refractivity contribution >= 4 is 5.97 Å². The summed E-state index contributed by atoms with van der Waals surface area (Å²) in [6.45, 7) is 4.24. The molecule has 0 N–H and O–H groups in total. The molecule has 0 aromatic heterocycles. The number of hydrogen-bond acceptors (Lipinski definition) is 4. The maximum absolute atomic E-state index is 11.8. The minimum absolute atomic E-state index is 0.0747. The molecular weight excluding hydrogens is 604 g/mol. The molecule has 1 fully saturated rings. The summed E-state index contributed by atoms with van der Waals surface area (Å²) in [5, 5.41) is 0. The molecule has 0 aromatic carbocycles. The monoisotopic (exact) mass is 693 g/mol. The van der Waals surface area contributed by atoms with Gasteiger partial charge >= 0.3 is 5.97 Å². The molecule has 0 saturated carbocycles. The second kappa shape index (κ2) is 40.2. The molecule has 1 heterocycles. The molecule has 0 spiro atoms. The first kappa shape index (κ1) is 46.4. The molecule has 292 valence electrons. The Labute approximate surface area is 307 Å². The van der Waals surface area contributed by atoms with Crippen LogP contribution in [-0.4, -0.2) is 32.1 Å². The lowest BCUT2D eigenvalue weighted by Crippen LogP contribution is -2.10. The van der Waals surface area contributed by atoms with Crippen LogP contribution in [0, 0.1) is 0 Å². The van der Waals surface area contributed by atoms with Crippen molar-refractivity contribution in [2.75, 3.05) is 19.8 Å². The van der Waals surface area contributed by atoms with Gasteiger partial charge in [-0.15, -0.1) is 0 Å². The zero-order valence-electron chi connectivity index (χ0n) is 33.4. The van der Waals surface area contributed by atoms with Gasteiger partial charge in [0, 0.05) is 6.42 Å². The van der Waals surface area contributed by atoms with Crippen LogP contribution in [0.25, 0.3) is 0 Å². The SMILES string of the molecule is CCCCCCCCCCCCCCCCCCCCCCCCCCCCCCCCCCCCCCOC(=O)CCCC1OCCO1. The van der Waals surface area contributed by atoms with Gasteiger partial charge in [-0.1, -0.05) is 232 Å². The number of esters is 1. The molecule has 1 saturated heterocycles. The number of unbranched alkanes of at least 4 members (excludes halogenated alkanes) is 35. The Morgan fingerprint density at radius 1 is 0.408 bits per heavy atom. The van der Waals surface area contributed by atoms with Crippen molar-refractivity contribution in [3.05, 3.63) is 0 Å². The molecule has 4 nitrogen and oxygen atoms in total. The van der Waals surface area contributed by atoms with E-state index >= 15 is 0 Å². The van der Waals surface area contributed by atoms with Crippen LogP contribution in [0.4, 0.5) is 0 Å². The second-order valence-corrected chi connectivity index (χ2v) is 15.7. The average molecular weight is 693 g/mol. The summed E-state index contributed by atoms with van der Waals surface area (Å²) in [6.07, 6.45) is 53.4. The highest BCUT2D eigenvalue weighted by Gasteiger charge is 2.16. The maximum atomic E-state index is 11.8. The van der Waals surface area contributed by atoms with Gasteiger partial charge in [-0.25, -0.2) is 0 Å². The lowest BCUT2D eigenvalue weighted by Gasteiger charge is -2.08. The first-order valence-electron chi connectivity index (χ1n) is 22.7. The van der Waals surface area contributed by atoms with Crippen molar-refractivity contribution in [2.45, 2.75) is 264 Å². The Kier molecular flexibility index (Phi) is 38.0. The van der Waals surface area contributed by atoms with Gasteiger partial charge in [0.05, 0.1) is 19.8 Å². The fourth-order valence-electron chi connectivity index (χ4n) is 7.43. The van der Waals surface area contributed by atoms with Gasteiger partial charge in [-0.3, -0.25) is 4.79 Å². The summed E-state index contributed by atoms with van der Waals surface area (Å²) in [7, 11) is 0. The molecule has 0 aliphatic carbocycles. The Balaban J connectivity index is 1.61. The summed E-state index contributed by atoms with van der Waals surface area (Å²) in [4.78, 5) is 11.8. The molecule has 1 aliphatic heterocycles. The standard InChI is InChI=1S/C45H88O4/c1-2-3-4-5-6-7-8-9-10-11-12-13-14-15-16-17-18-19-20-21-22-23-24-25-26-27-28-29-30-31-32-33-34-35-36-37-41-47-44(46)39-38-40-45-48-42-43-49-45/h45H,2-43H2,1H3. The number of rotatable bonds is 41. The molecule has 4 heteroatoms. The highest BCUT2D eigenvalue weighted by Crippen LogP contribution is 2.18. The van der Waals surface area contributed by atoms with Gasteiger partial charge in [0.2, 0.25) is 0 Å². The van der Waals surface area contributed by atoms with Crippen molar-refractivity contribution in [1.82, 2.24) is 0 Å². The minimum atomic E-state index is -0.111. The van der Waals surface area contributed by atoms with Gasteiger partial charge in [-0.2, -0.15) is 0 Å². The van der Waals surface area contributed by atoms with E-state index in [0.717, 1.165) is 19.3 Å². The second-order valence-electron chi connectivity index (χ2n) is 15.7. The normalized spacial score (nSPS) is 13.5. The van der Waals surface area contributed by atoms with E-state index in [1.54, 1.807) is 0 Å². The molecule has 0 unspecified atom stereocenters. The van der Waals surface area contributed by atoms with Gasteiger partial charge in [0.15, 0.2) is 6.29 Å². The predicted molar refractivity (Wildman–Crippen MR) is 212 cm³/mol. The number of carbonyl (C=O) groups is 1. The Hall–Kier alpha value is -0.610. The van der Waals surface area contributed by atoms with Crippen LogP contribution in [0.15, 0.2) is 0 Å². The van der Waals surface area contributed by atoms with Gasteiger partial charge in [0.1, 0.15) is 0 Å². The van der Waals surface area contributed by atoms with Crippen molar-refractivity contribution < 1.29 is 19.0 Å². The Morgan fingerprint density at radius 2 is 0.673 bits per heavy atom. The van der Waals surface area contributed by atoms with Gasteiger partial charge < -0.3 is 14.2 Å². The van der Waals surface area contributed by atoms with Gasteiger partial charge in [-0.05, 0) is 19.3 Å². The summed E-state index contributed by atoms with van der Waals surface area (Å²) < 4.78 is 16.1. The zero-order chi connectivity index (χ0) is 35.0. The van der Waals surface area contributed by atoms with E-state index in [2.05, 4.69) is 6.92 Å². The Bertz CT molecular complexity index is 632. The highest BCUT2D eigenvalue weighted by atomic mass is 16.7. The number of hydrogen-bond donors (Lipinski definition) is 0. The van der Waals surface area contributed by atoms with Crippen molar-refractivity contribution in [1.29, 1.82) is 0 Å². The molecule has 1 rings (SSSR count). The van der Waals surface area contributed by atoms with Crippen molar-refractivity contribution in [3.8, 4) is 0 Å². The minimum Gasteiger partial charge on any atom is -0.466 e. The van der Waals surface area contributed by atoms with E-state index in [1.165, 1.54) is 225 Å². The molecule has 49 heavy (non-hydrogen) atoms. The topological polar surface area (TPSA) is 44.8 Å². The first-order valence-corrected chi connectivity index (χ1v) is 22.7. The molecular formula is C45H88O4. The van der Waals surface area contributed by atoms with Crippen molar-refractivity contribution in [2.24, 2.45) is 0 Å². The van der Waals surface area contributed by atoms with Crippen LogP contribution in [0.3, 0.4) is 0 Å². The molecule has 0 radical (unpaired) electrons. The summed E-state index contributed by atoms with van der Waals surface area (Å²) in [5.74, 6) is -0.0747. The molecule has 1 aliphatic rings. The maximum Gasteiger partial charge on any atom is 0.305 e. The van der Waals surface area contributed by atoms with Crippen LogP contribution in [0.5, 0.6) is 0 Å². The number of carbonyl (C=O) groups excluding carboxylic acids is 1. The quantitative estimate of drug-likeness (QED) is 0.0472. The highest BCUT2D eigenvalue weighted by molar-refractivity contribution is 5.69. The van der Waals surface area contributed by atoms with E-state index in [0.29, 0.717) is 26.2 Å². The lowest BCUT2D eigenvalue weighted by atomic mass is 10.0. The third-order valence-corrected chi connectivity index (χ3v) is 10.8. The van der Waals surface area contributed by atoms with Gasteiger partial charge in [0.25, 0.3) is 0 Å². The molecule has 0 aromatic rings. The smallest absolute Gasteiger partial charge is 0.305 e. The molecule has 0 amide bonds. The fourth-order valence-corrected chi connectivity index (χ4v) is 7.43. The largest absolute Gasteiger partial charge is 0.466 e. The average Bonchev–Trinajstić information content (AvgIpc) is 3.63. The van der Waals surface area contributed by atoms with E-state index < -0.39 is 0 Å². The first-order chi connectivity index (χ1) is 24.3. The van der Waals surface area contributed by atoms with Crippen LogP contribution in [0.2, 0.25) is 0 Å². The fraction of sp³-hybridized carbons (Fsp3) is 0.978. The van der Waals surface area contributed by atoms with E-state index in [1.807, 2.05) is 0 Å². The van der Waals surface area contributed by atoms with Crippen LogP contribution in [0.1, 0.15) is 257 Å². The Morgan fingerprint density at radius 3 is 0.959 bits per heavy atom. The number of ether oxygens (including phenoxy) is 3. The lowest BCUT2D eigenvalue weighted by molar-refractivity contribution is -0.144. The predicted octanol–water partition coefficient (Wildman–Crippen LogP) is 15.1. The van der Waals surface area contributed by atoms with E-state index in [4.69, 9.17) is 14.2 Å². The van der Waals surface area contributed by atoms with Crippen LogP contribution >= 0.6 is 0 Å². The zero-order valence-corrected chi connectivity index (χ0v) is 33.4. The van der Waals surface area contributed by atoms with Crippen LogP contribution < -0.4 is 0 Å². The van der Waals surface area contributed by atoms with Crippen molar-refractivity contribution in [3.63, 3.8) is 0 Å². The third-order valence-electron chi connectivity index (χ3n) is 10.8. The summed E-state index contributed by atoms with van der Waals surface area (Å²) in [5.41, 5.74) is 0. The summed E-state index contributed by atoms with van der Waals surface area (Å²) in [6, 6.07) is 0. The molecule has 0 bridgehead atoms. The third kappa shape index (κ3) is 37.0. The molecule has 0 atom stereocenters. The summed E-state index contributed by atoms with van der Waals surface area (Å²) >= 11 is 0.